The Morgan fingerprint density at radius 2 is 1.12 bits per heavy atom. The van der Waals surface area contributed by atoms with Gasteiger partial charge in [0.15, 0.2) is 0 Å². The van der Waals surface area contributed by atoms with Crippen LogP contribution < -0.4 is 119 Å². The molecule has 5 nitrogen and oxygen atoms in total. The zero-order valence-corrected chi connectivity index (χ0v) is 11.2. The van der Waals surface area contributed by atoms with Gasteiger partial charge in [-0.3, -0.25) is 0 Å². The smallest absolute Gasteiger partial charge is 0.652 e. The van der Waals surface area contributed by atoms with Crippen molar-refractivity contribution in [3.8, 4) is 0 Å². The fourth-order valence-electron chi connectivity index (χ4n) is 0. The van der Waals surface area contributed by atoms with E-state index in [9.17, 15) is 0 Å². The molecule has 0 amide bonds. The van der Waals surface area contributed by atoms with Crippen LogP contribution in [0.1, 0.15) is 0 Å². The van der Waals surface area contributed by atoms with Gasteiger partial charge in [0.2, 0.25) is 0 Å². The Bertz CT molecular complexity index is 37.0. The molecule has 0 radical (unpaired) electrons. The Kier molecular flexibility index (Phi) is 89.1. The van der Waals surface area contributed by atoms with E-state index in [-0.39, 0.29) is 114 Å². The molecule has 0 aromatic carbocycles. The molecule has 0 saturated heterocycles. The summed E-state index contributed by atoms with van der Waals surface area (Å²) in [7, 11) is 0. The summed E-state index contributed by atoms with van der Waals surface area (Å²) in [6, 6.07) is 0. The van der Waals surface area contributed by atoms with E-state index in [2.05, 4.69) is 0 Å². The van der Waals surface area contributed by atoms with E-state index in [1.807, 2.05) is 0 Å². The first-order chi connectivity index (χ1) is 1.73. The number of carbonyl (C=O) groups excluding carboxylic acids is 1. The molecule has 0 spiro atoms. The van der Waals surface area contributed by atoms with Gasteiger partial charge in [0.05, 0.1) is 0 Å². The number of carbonyl (C=O) groups is 1. The average molecular weight is 173 g/mol. The molecule has 0 heterocycles. The van der Waals surface area contributed by atoms with Gasteiger partial charge >= 0.3 is 103 Å². The Morgan fingerprint density at radius 3 is 1.12 bits per heavy atom. The monoisotopic (exact) mass is 173 g/mol. The van der Waals surface area contributed by atoms with Gasteiger partial charge in [0.1, 0.15) is 0 Å². The van der Waals surface area contributed by atoms with E-state index in [1.54, 1.807) is 0 Å². The quantitative estimate of drug-likeness (QED) is 0.364. The van der Waals surface area contributed by atoms with Gasteiger partial charge in [-0.05, 0) is 6.16 Å². The third-order valence-electron chi connectivity index (χ3n) is 0. The first-order valence-electron chi connectivity index (χ1n) is 0.612. The summed E-state index contributed by atoms with van der Waals surface area (Å²) in [5, 5.41) is 16.7. The molecule has 0 aromatic rings. The van der Waals surface area contributed by atoms with Crippen LogP contribution in [0.5, 0.6) is 0 Å². The van der Waals surface area contributed by atoms with Gasteiger partial charge in [-0.1, -0.05) is 0 Å². The van der Waals surface area contributed by atoms with Crippen molar-refractivity contribution in [1.29, 1.82) is 0 Å². The molecule has 0 atom stereocenters. The summed E-state index contributed by atoms with van der Waals surface area (Å²) < 4.78 is 0. The minimum atomic E-state index is -2.33. The molecule has 0 rings (SSSR count). The Labute approximate surface area is 132 Å². The summed E-state index contributed by atoms with van der Waals surface area (Å²) in [5.41, 5.74) is 0. The predicted molar refractivity (Wildman–Crippen MR) is 14.0 cm³/mol. The normalized spacial score (nSPS) is 3.00. The van der Waals surface area contributed by atoms with E-state index in [0.717, 1.165) is 0 Å². The fourth-order valence-corrected chi connectivity index (χ4v) is 0. The molecule has 0 fully saturated rings. The van der Waals surface area contributed by atoms with Gasteiger partial charge in [-0.15, -0.1) is 0 Å². The first kappa shape index (κ1) is 31.4. The largest absolute Gasteiger partial charge is 1.00 e. The molecular formula is CH5K2NO4. The van der Waals surface area contributed by atoms with E-state index in [4.69, 9.17) is 15.0 Å². The molecule has 0 saturated carbocycles. The number of rotatable bonds is 0. The Morgan fingerprint density at radius 1 is 1.12 bits per heavy atom. The van der Waals surface area contributed by atoms with Crippen LogP contribution in [0.3, 0.4) is 0 Å². The maximum Gasteiger partial charge on any atom is 1.00 e. The number of hydrogen-bond donors (Lipinski definition) is 1. The zero-order chi connectivity index (χ0) is 3.58. The molecule has 7 heteroatoms. The van der Waals surface area contributed by atoms with E-state index >= 15 is 0 Å². The van der Waals surface area contributed by atoms with Crippen molar-refractivity contribution >= 4 is 6.16 Å². The van der Waals surface area contributed by atoms with Crippen LogP contribution in [-0.4, -0.2) is 11.6 Å². The predicted octanol–water partition coefficient (Wildman–Crippen LogP) is -9.10. The molecule has 0 aliphatic rings. The van der Waals surface area contributed by atoms with Crippen molar-refractivity contribution < 1.29 is 123 Å². The second kappa shape index (κ2) is 22.7. The van der Waals surface area contributed by atoms with Crippen LogP contribution >= 0.6 is 0 Å². The fraction of sp³-hybridized carbons (Fsp3) is 0. The maximum atomic E-state index is 8.33. The van der Waals surface area contributed by atoms with Crippen LogP contribution in [0, 0.1) is 0 Å². The third-order valence-corrected chi connectivity index (χ3v) is 0. The minimum absolute atomic E-state index is 0. The molecule has 0 aliphatic carbocycles. The number of hydrogen-bond acceptors (Lipinski definition) is 4. The van der Waals surface area contributed by atoms with Gasteiger partial charge in [0, 0.05) is 0 Å². The first-order valence-corrected chi connectivity index (χ1v) is 0.612. The van der Waals surface area contributed by atoms with Crippen molar-refractivity contribution in [3.63, 3.8) is 0 Å². The summed E-state index contributed by atoms with van der Waals surface area (Å²) in [4.78, 5) is 8.33. The summed E-state index contributed by atoms with van der Waals surface area (Å²) in [5.74, 6) is 0. The summed E-state index contributed by atoms with van der Waals surface area (Å²) in [6.45, 7) is 0. The average Bonchev–Trinajstić information content (AvgIpc) is 0.811. The number of carboxylic acid groups (broad SMARTS) is 2. The summed E-state index contributed by atoms with van der Waals surface area (Å²) in [6.07, 6.45) is -2.33. The van der Waals surface area contributed by atoms with E-state index in [0.29, 0.717) is 0 Å². The minimum Gasteiger partial charge on any atom is -0.652 e. The van der Waals surface area contributed by atoms with Crippen LogP contribution in [-0.2, 0) is 0 Å². The van der Waals surface area contributed by atoms with Crippen molar-refractivity contribution in [1.82, 2.24) is 6.15 Å². The third kappa shape index (κ3) is 77.7. The summed E-state index contributed by atoms with van der Waals surface area (Å²) >= 11 is 0. The second-order valence-electron chi connectivity index (χ2n) is 0.250. The molecule has 5 N–H and O–H groups in total. The van der Waals surface area contributed by atoms with Gasteiger partial charge in [0.25, 0.3) is 0 Å². The van der Waals surface area contributed by atoms with Gasteiger partial charge in [-0.2, -0.15) is 0 Å². The van der Waals surface area contributed by atoms with Gasteiger partial charge in [-0.25, -0.2) is 0 Å². The molecule has 0 bridgehead atoms. The molecule has 8 heavy (non-hydrogen) atoms. The van der Waals surface area contributed by atoms with Crippen molar-refractivity contribution in [2.75, 3.05) is 0 Å². The van der Waals surface area contributed by atoms with Gasteiger partial charge < -0.3 is 26.6 Å². The zero-order valence-electron chi connectivity index (χ0n) is 4.93. The molecule has 0 aliphatic heterocycles. The SMILES string of the molecule is N.O.O=C([O-])[O-].[K+].[K+]. The van der Waals surface area contributed by atoms with Crippen molar-refractivity contribution in [2.45, 2.75) is 0 Å². The molecule has 0 unspecified atom stereocenters. The van der Waals surface area contributed by atoms with E-state index < -0.39 is 6.16 Å². The van der Waals surface area contributed by atoms with Crippen molar-refractivity contribution in [3.05, 3.63) is 0 Å². The van der Waals surface area contributed by atoms with Crippen LogP contribution in [0.15, 0.2) is 0 Å². The maximum absolute atomic E-state index is 8.33. The molecule has 0 aromatic heterocycles. The Hall–Kier alpha value is 2.46. The van der Waals surface area contributed by atoms with Crippen LogP contribution in [0.4, 0.5) is 4.79 Å². The molecule has 40 valence electrons. The standard InChI is InChI=1S/CH2O3.2K.H3N.H2O/c2-1(3)4;;;;/h(H2,2,3,4);;;1H3;1H2/q;2*+1;;/p-2. The van der Waals surface area contributed by atoms with Crippen LogP contribution in [0.25, 0.3) is 0 Å². The Balaban J connectivity index is -0.00000000750. The van der Waals surface area contributed by atoms with Crippen LogP contribution in [0.2, 0.25) is 0 Å². The topological polar surface area (TPSA) is 130 Å². The second-order valence-corrected chi connectivity index (χ2v) is 0.250. The van der Waals surface area contributed by atoms with Crippen molar-refractivity contribution in [2.24, 2.45) is 0 Å². The molecular weight excluding hydrogens is 168 g/mol. The van der Waals surface area contributed by atoms with E-state index in [1.165, 1.54) is 0 Å².